The predicted molar refractivity (Wildman–Crippen MR) is 96.7 cm³/mol. The molecule has 136 valence electrons. The minimum absolute atomic E-state index is 0.0215. The Bertz CT molecular complexity index is 621. The second-order valence-corrected chi connectivity index (χ2v) is 6.85. The van der Waals surface area contributed by atoms with Gasteiger partial charge in [-0.05, 0) is 37.8 Å². The number of piperidine rings is 1. The van der Waals surface area contributed by atoms with Crippen molar-refractivity contribution in [2.24, 2.45) is 0 Å². The SMILES string of the molecule is O=C(NN1CCCCC1)c1ccc(N2CCCCCC2)c([N+](=O)[O-])c1. The molecular formula is C18H26N4O3. The van der Waals surface area contributed by atoms with Gasteiger partial charge in [0.2, 0.25) is 0 Å². The van der Waals surface area contributed by atoms with E-state index >= 15 is 0 Å². The van der Waals surface area contributed by atoms with Crippen LogP contribution in [-0.2, 0) is 0 Å². The van der Waals surface area contributed by atoms with E-state index in [0.717, 1.165) is 51.9 Å². The van der Waals surface area contributed by atoms with Crippen molar-refractivity contribution in [3.63, 3.8) is 0 Å². The lowest BCUT2D eigenvalue weighted by atomic mass is 10.1. The summed E-state index contributed by atoms with van der Waals surface area (Å²) in [5.41, 5.74) is 3.86. The van der Waals surface area contributed by atoms with Crippen molar-refractivity contribution in [2.75, 3.05) is 31.1 Å². The van der Waals surface area contributed by atoms with Crippen LogP contribution in [0.3, 0.4) is 0 Å². The largest absolute Gasteiger partial charge is 0.366 e. The maximum atomic E-state index is 12.4. The molecule has 0 aromatic heterocycles. The fraction of sp³-hybridized carbons (Fsp3) is 0.611. The highest BCUT2D eigenvalue weighted by Crippen LogP contribution is 2.31. The Morgan fingerprint density at radius 3 is 2.20 bits per heavy atom. The van der Waals surface area contributed by atoms with Gasteiger partial charge in [0.15, 0.2) is 0 Å². The molecule has 2 heterocycles. The Labute approximate surface area is 148 Å². The van der Waals surface area contributed by atoms with Crippen molar-refractivity contribution in [2.45, 2.75) is 44.9 Å². The van der Waals surface area contributed by atoms with Crippen LogP contribution in [0.15, 0.2) is 18.2 Å². The van der Waals surface area contributed by atoms with E-state index in [0.29, 0.717) is 11.3 Å². The molecule has 1 N–H and O–H groups in total. The van der Waals surface area contributed by atoms with Crippen LogP contribution < -0.4 is 10.3 Å². The van der Waals surface area contributed by atoms with Gasteiger partial charge in [-0.2, -0.15) is 0 Å². The number of nitrogens with zero attached hydrogens (tertiary/aromatic N) is 3. The van der Waals surface area contributed by atoms with Crippen molar-refractivity contribution >= 4 is 17.3 Å². The van der Waals surface area contributed by atoms with Crippen LogP contribution >= 0.6 is 0 Å². The lowest BCUT2D eigenvalue weighted by molar-refractivity contribution is -0.384. The van der Waals surface area contributed by atoms with Gasteiger partial charge in [-0.3, -0.25) is 20.3 Å². The minimum Gasteiger partial charge on any atom is -0.366 e. The third-order valence-electron chi connectivity index (χ3n) is 5.00. The molecule has 1 aromatic carbocycles. The molecule has 0 bridgehead atoms. The Kier molecular flexibility index (Phi) is 5.86. The molecule has 0 radical (unpaired) electrons. The van der Waals surface area contributed by atoms with Gasteiger partial charge >= 0.3 is 0 Å². The first-order chi connectivity index (χ1) is 12.1. The van der Waals surface area contributed by atoms with Gasteiger partial charge < -0.3 is 4.90 Å². The molecule has 0 aliphatic carbocycles. The summed E-state index contributed by atoms with van der Waals surface area (Å²) in [6.07, 6.45) is 7.75. The lowest BCUT2D eigenvalue weighted by Gasteiger charge is -2.27. The lowest BCUT2D eigenvalue weighted by Crippen LogP contribution is -2.45. The van der Waals surface area contributed by atoms with E-state index < -0.39 is 0 Å². The van der Waals surface area contributed by atoms with E-state index in [1.807, 2.05) is 5.01 Å². The molecule has 1 aromatic rings. The second kappa shape index (κ2) is 8.29. The van der Waals surface area contributed by atoms with Crippen molar-refractivity contribution in [1.29, 1.82) is 0 Å². The van der Waals surface area contributed by atoms with Gasteiger partial charge in [-0.15, -0.1) is 0 Å². The zero-order valence-electron chi connectivity index (χ0n) is 14.6. The molecule has 0 spiro atoms. The van der Waals surface area contributed by atoms with Crippen molar-refractivity contribution in [1.82, 2.24) is 10.4 Å². The Morgan fingerprint density at radius 2 is 1.56 bits per heavy atom. The van der Waals surface area contributed by atoms with Crippen LogP contribution in [0, 0.1) is 10.1 Å². The summed E-state index contributed by atoms with van der Waals surface area (Å²) in [7, 11) is 0. The second-order valence-electron chi connectivity index (χ2n) is 6.85. The molecule has 1 amide bonds. The highest BCUT2D eigenvalue weighted by Gasteiger charge is 2.23. The maximum Gasteiger partial charge on any atom is 0.293 e. The number of carbonyl (C=O) groups is 1. The van der Waals surface area contributed by atoms with E-state index in [1.54, 1.807) is 12.1 Å². The van der Waals surface area contributed by atoms with Gasteiger partial charge in [0.25, 0.3) is 11.6 Å². The molecule has 3 rings (SSSR count). The van der Waals surface area contributed by atoms with E-state index in [1.165, 1.54) is 25.3 Å². The number of rotatable bonds is 4. The molecule has 2 aliphatic rings. The fourth-order valence-corrected chi connectivity index (χ4v) is 3.60. The van der Waals surface area contributed by atoms with E-state index in [9.17, 15) is 14.9 Å². The van der Waals surface area contributed by atoms with Gasteiger partial charge in [-0.1, -0.05) is 19.3 Å². The predicted octanol–water partition coefficient (Wildman–Crippen LogP) is 3.11. The third-order valence-corrected chi connectivity index (χ3v) is 5.00. The van der Waals surface area contributed by atoms with Gasteiger partial charge in [0.1, 0.15) is 5.69 Å². The average Bonchev–Trinajstić information content (AvgIpc) is 2.91. The molecular weight excluding hydrogens is 320 g/mol. The first-order valence-corrected chi connectivity index (χ1v) is 9.24. The summed E-state index contributed by atoms with van der Waals surface area (Å²) in [6.45, 7) is 3.33. The molecule has 0 atom stereocenters. The smallest absolute Gasteiger partial charge is 0.293 e. The molecule has 7 heteroatoms. The molecule has 0 unspecified atom stereocenters. The summed E-state index contributed by atoms with van der Waals surface area (Å²) in [5, 5.41) is 13.5. The van der Waals surface area contributed by atoms with Gasteiger partial charge in [-0.25, -0.2) is 5.01 Å². The maximum absolute atomic E-state index is 12.4. The summed E-state index contributed by atoms with van der Waals surface area (Å²) < 4.78 is 0. The van der Waals surface area contributed by atoms with Crippen molar-refractivity contribution < 1.29 is 9.72 Å². The van der Waals surface area contributed by atoms with E-state index in [2.05, 4.69) is 10.3 Å². The first kappa shape index (κ1) is 17.7. The topological polar surface area (TPSA) is 78.7 Å². The Balaban J connectivity index is 1.78. The number of hydrogen-bond acceptors (Lipinski definition) is 5. The first-order valence-electron chi connectivity index (χ1n) is 9.24. The summed E-state index contributed by atoms with van der Waals surface area (Å²) in [4.78, 5) is 25.7. The van der Waals surface area contributed by atoms with E-state index in [4.69, 9.17) is 0 Å². The number of nitrogens with one attached hydrogen (secondary N) is 1. The van der Waals surface area contributed by atoms with Crippen LogP contribution in [0.1, 0.15) is 55.3 Å². The number of nitro groups is 1. The molecule has 25 heavy (non-hydrogen) atoms. The van der Waals surface area contributed by atoms with Crippen LogP contribution in [-0.4, -0.2) is 42.0 Å². The Morgan fingerprint density at radius 1 is 0.960 bits per heavy atom. The van der Waals surface area contributed by atoms with Crippen LogP contribution in [0.5, 0.6) is 0 Å². The fourth-order valence-electron chi connectivity index (χ4n) is 3.60. The monoisotopic (exact) mass is 346 g/mol. The van der Waals surface area contributed by atoms with Crippen LogP contribution in [0.25, 0.3) is 0 Å². The summed E-state index contributed by atoms with van der Waals surface area (Å²) >= 11 is 0. The zero-order chi connectivity index (χ0) is 17.6. The minimum atomic E-state index is -0.377. The highest BCUT2D eigenvalue weighted by molar-refractivity contribution is 5.95. The molecule has 2 aliphatic heterocycles. The average molecular weight is 346 g/mol. The number of hydrogen-bond donors (Lipinski definition) is 1. The van der Waals surface area contributed by atoms with Gasteiger partial charge in [0.05, 0.1) is 4.92 Å². The highest BCUT2D eigenvalue weighted by atomic mass is 16.6. The standard InChI is InChI=1S/C18H26N4O3/c23-18(19-21-12-6-3-7-13-21)15-8-9-16(17(14-15)22(24)25)20-10-4-1-2-5-11-20/h8-9,14H,1-7,10-13H2,(H,19,23). The normalized spacial score (nSPS) is 19.3. The number of carbonyl (C=O) groups excluding carboxylic acids is 1. The number of nitro benzene ring substituents is 1. The molecule has 2 saturated heterocycles. The summed E-state index contributed by atoms with van der Waals surface area (Å²) in [5.74, 6) is -0.271. The number of anilines is 1. The number of benzene rings is 1. The van der Waals surface area contributed by atoms with Crippen molar-refractivity contribution in [3.05, 3.63) is 33.9 Å². The summed E-state index contributed by atoms with van der Waals surface area (Å²) in [6, 6.07) is 4.85. The van der Waals surface area contributed by atoms with Gasteiger partial charge in [0, 0.05) is 37.8 Å². The molecule has 0 saturated carbocycles. The number of hydrazine groups is 1. The molecule has 7 nitrogen and oxygen atoms in total. The Hall–Kier alpha value is -2.15. The van der Waals surface area contributed by atoms with Crippen molar-refractivity contribution in [3.8, 4) is 0 Å². The van der Waals surface area contributed by atoms with E-state index in [-0.39, 0.29) is 16.5 Å². The van der Waals surface area contributed by atoms with Crippen LogP contribution in [0.2, 0.25) is 0 Å². The quantitative estimate of drug-likeness (QED) is 0.669. The zero-order valence-corrected chi connectivity index (χ0v) is 14.6. The molecule has 2 fully saturated rings. The third kappa shape index (κ3) is 4.48. The number of amides is 1. The van der Waals surface area contributed by atoms with Crippen LogP contribution in [0.4, 0.5) is 11.4 Å².